The summed E-state index contributed by atoms with van der Waals surface area (Å²) in [7, 11) is 0. The van der Waals surface area contributed by atoms with Gasteiger partial charge in [0.05, 0.1) is 29.6 Å². The Labute approximate surface area is 243 Å². The number of amides is 2. The quantitative estimate of drug-likeness (QED) is 0.152. The number of hydrogen-bond acceptors (Lipinski definition) is 6. The zero-order valence-corrected chi connectivity index (χ0v) is 24.9. The molecule has 5 N–H and O–H groups in total. The van der Waals surface area contributed by atoms with Crippen LogP contribution in [0.4, 0.5) is 4.79 Å². The summed E-state index contributed by atoms with van der Waals surface area (Å²) in [4.78, 5) is 37.1. The van der Waals surface area contributed by atoms with Gasteiger partial charge in [0.15, 0.2) is 0 Å². The van der Waals surface area contributed by atoms with Crippen LogP contribution in [0.15, 0.2) is 30.3 Å². The van der Waals surface area contributed by atoms with Gasteiger partial charge in [-0.1, -0.05) is 74.7 Å². The van der Waals surface area contributed by atoms with Crippen LogP contribution in [-0.2, 0) is 20.7 Å². The molecular weight excluding hydrogens is 530 g/mol. The SMILES string of the molecule is CC(C)(C)OC(=O)NC(CC1CCCCC1)C(O)CC(=O)N[C@@H](CCC(=O)O)C(=S)NCCCc1ccccc1. The van der Waals surface area contributed by atoms with Gasteiger partial charge in [0.1, 0.15) is 5.60 Å². The molecule has 224 valence electrons. The van der Waals surface area contributed by atoms with Gasteiger partial charge in [0, 0.05) is 13.0 Å². The lowest BCUT2D eigenvalue weighted by atomic mass is 9.83. The van der Waals surface area contributed by atoms with Crippen molar-refractivity contribution in [2.45, 2.75) is 115 Å². The monoisotopic (exact) mass is 577 g/mol. The lowest BCUT2D eigenvalue weighted by Crippen LogP contribution is -2.50. The van der Waals surface area contributed by atoms with Gasteiger partial charge >= 0.3 is 12.1 Å². The van der Waals surface area contributed by atoms with Crippen molar-refractivity contribution in [3.05, 3.63) is 35.9 Å². The number of benzene rings is 1. The largest absolute Gasteiger partial charge is 0.481 e. The molecule has 3 atom stereocenters. The number of aliphatic hydroxyl groups is 1. The van der Waals surface area contributed by atoms with E-state index in [0.717, 1.165) is 38.5 Å². The summed E-state index contributed by atoms with van der Waals surface area (Å²) < 4.78 is 5.40. The van der Waals surface area contributed by atoms with Crippen LogP contribution in [0.5, 0.6) is 0 Å². The maximum Gasteiger partial charge on any atom is 0.407 e. The third-order valence-corrected chi connectivity index (χ3v) is 7.38. The number of thiocarbonyl (C=S) groups is 1. The first-order valence-corrected chi connectivity index (χ1v) is 14.8. The second kappa shape index (κ2) is 17.2. The average Bonchev–Trinajstić information content (AvgIpc) is 2.88. The maximum absolute atomic E-state index is 13.0. The molecule has 1 aromatic rings. The smallest absolute Gasteiger partial charge is 0.407 e. The zero-order chi connectivity index (χ0) is 29.5. The minimum atomic E-state index is -1.14. The van der Waals surface area contributed by atoms with Crippen LogP contribution in [0.1, 0.15) is 90.5 Å². The highest BCUT2D eigenvalue weighted by atomic mass is 32.1. The molecule has 40 heavy (non-hydrogen) atoms. The van der Waals surface area contributed by atoms with Gasteiger partial charge < -0.3 is 30.9 Å². The Morgan fingerprint density at radius 2 is 1.75 bits per heavy atom. The number of carboxylic acid groups (broad SMARTS) is 1. The highest BCUT2D eigenvalue weighted by molar-refractivity contribution is 7.80. The van der Waals surface area contributed by atoms with E-state index >= 15 is 0 Å². The summed E-state index contributed by atoms with van der Waals surface area (Å²) in [6.07, 6.45) is 5.63. The molecule has 1 fully saturated rings. The molecule has 0 spiro atoms. The molecular formula is C30H47N3O6S. The summed E-state index contributed by atoms with van der Waals surface area (Å²) in [5.74, 6) is -1.10. The zero-order valence-electron chi connectivity index (χ0n) is 24.1. The van der Waals surface area contributed by atoms with Gasteiger partial charge in [-0.25, -0.2) is 4.79 Å². The molecule has 0 saturated heterocycles. The van der Waals surface area contributed by atoms with Crippen molar-refractivity contribution in [3.63, 3.8) is 0 Å². The fraction of sp³-hybridized carbons (Fsp3) is 0.667. The van der Waals surface area contributed by atoms with Crippen LogP contribution in [-0.4, -0.2) is 63.5 Å². The van der Waals surface area contributed by atoms with E-state index in [4.69, 9.17) is 17.0 Å². The lowest BCUT2D eigenvalue weighted by molar-refractivity contribution is -0.137. The highest BCUT2D eigenvalue weighted by Crippen LogP contribution is 2.28. The Morgan fingerprint density at radius 3 is 2.38 bits per heavy atom. The summed E-state index contributed by atoms with van der Waals surface area (Å²) >= 11 is 5.50. The number of carbonyl (C=O) groups is 3. The average molecular weight is 578 g/mol. The van der Waals surface area contributed by atoms with Gasteiger partial charge in [0.25, 0.3) is 0 Å². The van der Waals surface area contributed by atoms with E-state index in [0.29, 0.717) is 23.9 Å². The number of rotatable bonds is 15. The minimum absolute atomic E-state index is 0.128. The third kappa shape index (κ3) is 14.1. The molecule has 2 amide bonds. The van der Waals surface area contributed by atoms with E-state index in [1.165, 1.54) is 12.0 Å². The van der Waals surface area contributed by atoms with Crippen molar-refractivity contribution < 1.29 is 29.3 Å². The van der Waals surface area contributed by atoms with E-state index in [-0.39, 0.29) is 19.3 Å². The van der Waals surface area contributed by atoms with E-state index in [1.807, 2.05) is 18.2 Å². The number of alkyl carbamates (subject to hydrolysis) is 1. The Morgan fingerprint density at radius 1 is 1.07 bits per heavy atom. The van der Waals surface area contributed by atoms with Gasteiger partial charge in [-0.2, -0.15) is 0 Å². The van der Waals surface area contributed by atoms with Crippen molar-refractivity contribution in [3.8, 4) is 0 Å². The first kappa shape index (κ1) is 33.5. The molecule has 0 aromatic heterocycles. The highest BCUT2D eigenvalue weighted by Gasteiger charge is 2.30. The van der Waals surface area contributed by atoms with Crippen LogP contribution in [0.25, 0.3) is 0 Å². The number of aliphatic carboxylic acids is 1. The van der Waals surface area contributed by atoms with E-state index in [9.17, 15) is 24.6 Å². The number of ether oxygens (including phenoxy) is 1. The number of aryl methyl sites for hydroxylation is 1. The Balaban J connectivity index is 1.96. The van der Waals surface area contributed by atoms with E-state index < -0.39 is 41.8 Å². The number of aliphatic hydroxyl groups excluding tert-OH is 1. The van der Waals surface area contributed by atoms with E-state index in [1.54, 1.807) is 20.8 Å². The Hall–Kier alpha value is -2.72. The third-order valence-electron chi connectivity index (χ3n) is 6.96. The van der Waals surface area contributed by atoms with Gasteiger partial charge in [-0.3, -0.25) is 9.59 Å². The number of nitrogens with one attached hydrogen (secondary N) is 3. The second-order valence-electron chi connectivity index (χ2n) is 11.7. The van der Waals surface area contributed by atoms with Crippen molar-refractivity contribution in [2.75, 3.05) is 6.54 Å². The fourth-order valence-corrected chi connectivity index (χ4v) is 5.23. The molecule has 9 nitrogen and oxygen atoms in total. The fourth-order valence-electron chi connectivity index (χ4n) is 4.95. The van der Waals surface area contributed by atoms with Crippen molar-refractivity contribution in [2.24, 2.45) is 5.92 Å². The summed E-state index contributed by atoms with van der Waals surface area (Å²) in [6, 6.07) is 8.72. The first-order chi connectivity index (χ1) is 18.9. The minimum Gasteiger partial charge on any atom is -0.481 e. The topological polar surface area (TPSA) is 137 Å². The maximum atomic E-state index is 13.0. The Kier molecular flexibility index (Phi) is 14.4. The van der Waals surface area contributed by atoms with Gasteiger partial charge in [-0.05, 0) is 57.9 Å². The predicted octanol–water partition coefficient (Wildman–Crippen LogP) is 4.50. The van der Waals surface area contributed by atoms with Crippen LogP contribution in [0.3, 0.4) is 0 Å². The molecule has 0 radical (unpaired) electrons. The van der Waals surface area contributed by atoms with Crippen LogP contribution in [0.2, 0.25) is 0 Å². The number of carboxylic acids is 1. The van der Waals surface area contributed by atoms with E-state index in [2.05, 4.69) is 28.1 Å². The second-order valence-corrected chi connectivity index (χ2v) is 12.1. The van der Waals surface area contributed by atoms with Crippen molar-refractivity contribution >= 4 is 35.2 Å². The van der Waals surface area contributed by atoms with Gasteiger partial charge in [-0.15, -0.1) is 0 Å². The molecule has 2 rings (SSSR count). The summed E-state index contributed by atoms with van der Waals surface area (Å²) in [5.41, 5.74) is 0.519. The molecule has 1 aliphatic carbocycles. The number of carbonyl (C=O) groups excluding carboxylic acids is 2. The van der Waals surface area contributed by atoms with Crippen LogP contribution < -0.4 is 16.0 Å². The number of hydrogen-bond donors (Lipinski definition) is 5. The molecule has 1 saturated carbocycles. The van der Waals surface area contributed by atoms with Crippen molar-refractivity contribution in [1.82, 2.24) is 16.0 Å². The summed E-state index contributed by atoms with van der Waals surface area (Å²) in [6.45, 7) is 5.88. The molecule has 1 aliphatic rings. The molecule has 10 heteroatoms. The van der Waals surface area contributed by atoms with Crippen LogP contribution in [0, 0.1) is 5.92 Å². The first-order valence-electron chi connectivity index (χ1n) is 14.4. The van der Waals surface area contributed by atoms with Crippen molar-refractivity contribution in [1.29, 1.82) is 0 Å². The Bertz CT molecular complexity index is 947. The lowest BCUT2D eigenvalue weighted by Gasteiger charge is -2.31. The molecule has 0 bridgehead atoms. The summed E-state index contributed by atoms with van der Waals surface area (Å²) in [5, 5.41) is 29.0. The molecule has 0 aliphatic heterocycles. The standard InChI is InChI=1S/C30H47N3O6S/c1-30(2,3)39-29(38)33-24(19-22-13-8-5-9-14-22)25(34)20-26(35)32-23(16-17-27(36)37)28(40)31-18-10-15-21-11-6-4-7-12-21/h4,6-7,11-12,22-25,34H,5,8-10,13-20H2,1-3H3,(H,31,40)(H,32,35)(H,33,38)(H,36,37)/t23-,24?,25?/m0/s1. The molecule has 1 aromatic carbocycles. The molecule has 0 heterocycles. The molecule has 2 unspecified atom stereocenters. The van der Waals surface area contributed by atoms with Gasteiger partial charge in [0.2, 0.25) is 5.91 Å². The predicted molar refractivity (Wildman–Crippen MR) is 159 cm³/mol. The van der Waals surface area contributed by atoms with Crippen LogP contribution >= 0.6 is 12.2 Å². The normalized spacial score (nSPS) is 16.3.